The molecule has 1 atom stereocenters. The quantitative estimate of drug-likeness (QED) is 0.383. The lowest BCUT2D eigenvalue weighted by Crippen LogP contribution is -2.23. The molecule has 0 saturated carbocycles. The van der Waals surface area contributed by atoms with Gasteiger partial charge in [-0.2, -0.15) is 5.26 Å². The average molecular weight is 418 g/mol. The Morgan fingerprint density at radius 1 is 1.45 bits per heavy atom. The van der Waals surface area contributed by atoms with Crippen LogP contribution in [0.15, 0.2) is 54.5 Å². The molecule has 1 aromatic rings. The molecular weight excluding hydrogens is 386 g/mol. The molecule has 1 aromatic carbocycles. The van der Waals surface area contributed by atoms with E-state index in [1.807, 2.05) is 25.1 Å². The zero-order valence-corrected chi connectivity index (χ0v) is 18.6. The van der Waals surface area contributed by atoms with Gasteiger partial charge in [0.05, 0.1) is 24.4 Å². The molecular formula is C23H32ClN3O2. The fraction of sp³-hybridized carbons (Fsp3) is 0.435. The van der Waals surface area contributed by atoms with Crippen molar-refractivity contribution >= 4 is 11.6 Å². The Hall–Kier alpha value is -2.26. The van der Waals surface area contributed by atoms with Crippen LogP contribution in [-0.4, -0.2) is 49.0 Å². The van der Waals surface area contributed by atoms with Crippen LogP contribution in [0.2, 0.25) is 5.02 Å². The minimum absolute atomic E-state index is 0.506. The van der Waals surface area contributed by atoms with E-state index in [0.29, 0.717) is 16.3 Å². The molecule has 1 aliphatic rings. The van der Waals surface area contributed by atoms with Crippen LogP contribution in [-0.2, 0) is 11.2 Å². The maximum Gasteiger partial charge on any atom is 0.114 e. The first-order valence-corrected chi connectivity index (χ1v) is 10.1. The van der Waals surface area contributed by atoms with Crippen LogP contribution in [0.25, 0.3) is 0 Å². The first-order valence-electron chi connectivity index (χ1n) is 9.70. The van der Waals surface area contributed by atoms with Gasteiger partial charge in [0, 0.05) is 25.2 Å². The fourth-order valence-corrected chi connectivity index (χ4v) is 3.20. The highest BCUT2D eigenvalue weighted by Gasteiger charge is 2.17. The number of ether oxygens (including phenoxy) is 1. The monoisotopic (exact) mass is 417 g/mol. The van der Waals surface area contributed by atoms with E-state index < -0.39 is 0 Å². The number of nitrogens with zero attached hydrogens (tertiary/aromatic N) is 3. The highest BCUT2D eigenvalue weighted by molar-refractivity contribution is 6.30. The molecule has 0 aliphatic carbocycles. The van der Waals surface area contributed by atoms with E-state index in [2.05, 4.69) is 24.5 Å². The summed E-state index contributed by atoms with van der Waals surface area (Å²) in [4.78, 5) is 2.48. The number of nitriles is 1. The summed E-state index contributed by atoms with van der Waals surface area (Å²) in [6.45, 7) is 11.2. The lowest BCUT2D eigenvalue weighted by atomic mass is 10.1. The van der Waals surface area contributed by atoms with Crippen molar-refractivity contribution in [1.82, 2.24) is 9.96 Å². The summed E-state index contributed by atoms with van der Waals surface area (Å²) in [6.07, 6.45) is 7.50. The summed E-state index contributed by atoms with van der Waals surface area (Å²) < 4.78 is 4.96. The molecule has 2 rings (SSSR count). The molecule has 1 aliphatic heterocycles. The van der Waals surface area contributed by atoms with Crippen LogP contribution >= 0.6 is 11.6 Å². The fourth-order valence-electron chi connectivity index (χ4n) is 2.94. The Kier molecular flexibility index (Phi) is 11.2. The predicted octanol–water partition coefficient (Wildman–Crippen LogP) is 5.02. The average Bonchev–Trinajstić information content (AvgIpc) is 3.12. The van der Waals surface area contributed by atoms with Gasteiger partial charge < -0.3 is 9.64 Å². The van der Waals surface area contributed by atoms with Crippen molar-refractivity contribution < 1.29 is 9.94 Å². The molecule has 1 heterocycles. The third-order valence-corrected chi connectivity index (χ3v) is 4.91. The van der Waals surface area contributed by atoms with Gasteiger partial charge in [0.1, 0.15) is 5.76 Å². The Balaban J connectivity index is 0.000000311. The first kappa shape index (κ1) is 24.8. The topological polar surface area (TPSA) is 59.7 Å². The molecule has 0 aromatic heterocycles. The van der Waals surface area contributed by atoms with Crippen molar-refractivity contribution in [1.29, 1.82) is 5.26 Å². The van der Waals surface area contributed by atoms with Crippen LogP contribution < -0.4 is 0 Å². The molecule has 0 radical (unpaired) electrons. The van der Waals surface area contributed by atoms with Crippen molar-refractivity contribution in [3.05, 3.63) is 70.6 Å². The van der Waals surface area contributed by atoms with Gasteiger partial charge in [-0.25, -0.2) is 0 Å². The number of hydroxylamine groups is 2. The van der Waals surface area contributed by atoms with E-state index >= 15 is 0 Å². The van der Waals surface area contributed by atoms with Gasteiger partial charge in [0.25, 0.3) is 0 Å². The second-order valence-corrected chi connectivity index (χ2v) is 7.58. The van der Waals surface area contributed by atoms with Gasteiger partial charge in [-0.3, -0.25) is 10.3 Å². The molecule has 1 fully saturated rings. The SMILES string of the molecule is C=C(/C=C\C(=C/C)OC)N(C)O.C[C@H]1CCN(CCc2cc(Cl)cc(C#N)c2)C1. The third kappa shape index (κ3) is 9.67. The molecule has 0 spiro atoms. The van der Waals surface area contributed by atoms with E-state index in [1.165, 1.54) is 26.6 Å². The smallest absolute Gasteiger partial charge is 0.114 e. The second kappa shape index (κ2) is 13.1. The van der Waals surface area contributed by atoms with Crippen LogP contribution in [0.5, 0.6) is 0 Å². The Morgan fingerprint density at radius 3 is 2.69 bits per heavy atom. The molecule has 0 unspecified atom stereocenters. The lowest BCUT2D eigenvalue weighted by Gasteiger charge is -2.15. The minimum Gasteiger partial charge on any atom is -0.497 e. The van der Waals surface area contributed by atoms with Crippen molar-refractivity contribution in [2.24, 2.45) is 5.92 Å². The molecule has 158 valence electrons. The van der Waals surface area contributed by atoms with Gasteiger partial charge in [-0.15, -0.1) is 0 Å². The van der Waals surface area contributed by atoms with E-state index in [4.69, 9.17) is 26.8 Å². The summed E-state index contributed by atoms with van der Waals surface area (Å²) in [5.74, 6) is 1.56. The van der Waals surface area contributed by atoms with Gasteiger partial charge >= 0.3 is 0 Å². The Morgan fingerprint density at radius 2 is 2.17 bits per heavy atom. The van der Waals surface area contributed by atoms with Crippen LogP contribution in [0.3, 0.4) is 0 Å². The van der Waals surface area contributed by atoms with E-state index in [-0.39, 0.29) is 0 Å². The molecule has 5 nitrogen and oxygen atoms in total. The number of likely N-dealkylation sites (N-methyl/N-ethyl adjacent to an activating group) is 1. The zero-order chi connectivity index (χ0) is 21.8. The number of halogens is 1. The number of likely N-dealkylation sites (tertiary alicyclic amines) is 1. The third-order valence-electron chi connectivity index (χ3n) is 4.69. The van der Waals surface area contributed by atoms with Crippen molar-refractivity contribution in [2.75, 3.05) is 33.8 Å². The lowest BCUT2D eigenvalue weighted by molar-refractivity contribution is -0.0231. The van der Waals surface area contributed by atoms with Crippen molar-refractivity contribution in [3.63, 3.8) is 0 Å². The standard InChI is InChI=1S/C14H17ClN2.C9H15NO2/c1-11-2-4-17(10-11)5-3-12-6-13(9-16)8-14(15)7-12;1-5-9(12-4)7-6-8(2)10(3)11/h6-8,11H,2-5,10H2,1H3;5-7,11H,2H2,1,3-4H3/b;7-6-,9-5+/t11-;/m0./s1. The Labute approximate surface area is 180 Å². The van der Waals surface area contributed by atoms with Crippen LogP contribution in [0, 0.1) is 17.2 Å². The van der Waals surface area contributed by atoms with Gasteiger partial charge in [-0.05, 0) is 74.2 Å². The molecule has 0 bridgehead atoms. The van der Waals surface area contributed by atoms with Crippen molar-refractivity contribution in [3.8, 4) is 6.07 Å². The number of hydrogen-bond donors (Lipinski definition) is 1. The normalized spacial score (nSPS) is 16.9. The van der Waals surface area contributed by atoms with Gasteiger partial charge in [-0.1, -0.05) is 25.1 Å². The predicted molar refractivity (Wildman–Crippen MR) is 119 cm³/mol. The largest absolute Gasteiger partial charge is 0.497 e. The first-order chi connectivity index (χ1) is 13.8. The maximum atomic E-state index is 8.90. The van der Waals surface area contributed by atoms with E-state index in [1.54, 1.807) is 25.3 Å². The van der Waals surface area contributed by atoms with Gasteiger partial charge in [0.15, 0.2) is 0 Å². The summed E-state index contributed by atoms with van der Waals surface area (Å²) in [5.41, 5.74) is 2.32. The second-order valence-electron chi connectivity index (χ2n) is 7.15. The molecule has 1 saturated heterocycles. The summed E-state index contributed by atoms with van der Waals surface area (Å²) in [5, 5.41) is 19.4. The number of hydrogen-bond acceptors (Lipinski definition) is 5. The number of allylic oxidation sites excluding steroid dienone is 3. The molecule has 1 N–H and O–H groups in total. The number of methoxy groups -OCH3 is 1. The highest BCUT2D eigenvalue weighted by atomic mass is 35.5. The molecule has 6 heteroatoms. The van der Waals surface area contributed by atoms with Crippen LogP contribution in [0.1, 0.15) is 31.4 Å². The van der Waals surface area contributed by atoms with Gasteiger partial charge in [0.2, 0.25) is 0 Å². The summed E-state index contributed by atoms with van der Waals surface area (Å²) in [7, 11) is 3.10. The molecule has 0 amide bonds. The van der Waals surface area contributed by atoms with E-state index in [0.717, 1.165) is 35.3 Å². The maximum absolute atomic E-state index is 8.90. The van der Waals surface area contributed by atoms with Crippen molar-refractivity contribution in [2.45, 2.75) is 26.7 Å². The minimum atomic E-state index is 0.506. The Bertz CT molecular complexity index is 766. The summed E-state index contributed by atoms with van der Waals surface area (Å²) >= 11 is 5.98. The number of benzene rings is 1. The molecule has 29 heavy (non-hydrogen) atoms. The number of rotatable bonds is 7. The summed E-state index contributed by atoms with van der Waals surface area (Å²) in [6, 6.07) is 7.75. The van der Waals surface area contributed by atoms with E-state index in [9.17, 15) is 0 Å². The highest BCUT2D eigenvalue weighted by Crippen LogP contribution is 2.18. The van der Waals surface area contributed by atoms with Crippen LogP contribution in [0.4, 0.5) is 0 Å². The zero-order valence-electron chi connectivity index (χ0n) is 17.9.